The molecule has 0 aliphatic heterocycles. The summed E-state index contributed by atoms with van der Waals surface area (Å²) in [4.78, 5) is 37.8. The lowest BCUT2D eigenvalue weighted by molar-refractivity contribution is -0.146. The first-order valence-electron chi connectivity index (χ1n) is 8.24. The van der Waals surface area contributed by atoms with Crippen LogP contribution in [-0.2, 0) is 25.5 Å². The minimum Gasteiger partial charge on any atom is -0.497 e. The average Bonchev–Trinajstić information content (AvgIpc) is 2.64. The Labute approximate surface area is 153 Å². The summed E-state index contributed by atoms with van der Waals surface area (Å²) in [6, 6.07) is 4.77. The average molecular weight is 365 g/mol. The van der Waals surface area contributed by atoms with Crippen LogP contribution in [0.1, 0.15) is 19.4 Å². The maximum absolute atomic E-state index is 12.7. The Morgan fingerprint density at radius 2 is 1.73 bits per heavy atom. The Morgan fingerprint density at radius 3 is 2.19 bits per heavy atom. The molecule has 144 valence electrons. The van der Waals surface area contributed by atoms with Gasteiger partial charge in [-0.2, -0.15) is 0 Å². The number of methoxy groups -OCH3 is 2. The molecule has 0 aliphatic rings. The summed E-state index contributed by atoms with van der Waals surface area (Å²) in [6.07, 6.45) is 0.263. The molecule has 3 N–H and O–H groups in total. The molecule has 8 heteroatoms. The van der Waals surface area contributed by atoms with Gasteiger partial charge in [-0.3, -0.25) is 9.59 Å². The molecule has 0 bridgehead atoms. The van der Waals surface area contributed by atoms with Crippen molar-refractivity contribution < 1.29 is 23.9 Å². The molecule has 2 amide bonds. The van der Waals surface area contributed by atoms with Crippen LogP contribution in [0.5, 0.6) is 5.75 Å². The Hall–Kier alpha value is -2.61. The first-order chi connectivity index (χ1) is 12.2. The van der Waals surface area contributed by atoms with Crippen molar-refractivity contribution in [3.8, 4) is 5.75 Å². The molecule has 0 radical (unpaired) electrons. The van der Waals surface area contributed by atoms with Gasteiger partial charge in [0.05, 0.1) is 20.3 Å². The Bertz CT molecular complexity index is 630. The highest BCUT2D eigenvalue weighted by atomic mass is 16.5. The summed E-state index contributed by atoms with van der Waals surface area (Å²) in [5, 5.41) is 2.58. The number of ether oxygens (including phenoxy) is 2. The van der Waals surface area contributed by atoms with Crippen molar-refractivity contribution in [3.63, 3.8) is 0 Å². The molecule has 0 heterocycles. The van der Waals surface area contributed by atoms with Crippen LogP contribution in [0.25, 0.3) is 0 Å². The summed E-state index contributed by atoms with van der Waals surface area (Å²) in [5.74, 6) is -0.712. The number of nitrogens with zero attached hydrogens (tertiary/aromatic N) is 1. The number of rotatable bonds is 8. The van der Waals surface area contributed by atoms with Gasteiger partial charge >= 0.3 is 5.97 Å². The molecule has 0 saturated heterocycles. The van der Waals surface area contributed by atoms with Crippen molar-refractivity contribution in [2.75, 3.05) is 21.3 Å². The van der Waals surface area contributed by atoms with Crippen LogP contribution in [0.15, 0.2) is 24.3 Å². The van der Waals surface area contributed by atoms with E-state index in [1.807, 2.05) is 12.1 Å². The van der Waals surface area contributed by atoms with Gasteiger partial charge < -0.3 is 25.4 Å². The molecule has 1 aromatic carbocycles. The molecule has 0 fully saturated rings. The quantitative estimate of drug-likeness (QED) is 0.632. The standard InChI is InChI=1S/C18H27N3O5/c1-11(19)17(23)21(3)15(16(22)20-12(2)18(24)26-5)10-13-6-8-14(25-4)9-7-13/h6-9,11-12,15H,10,19H2,1-5H3,(H,20,22)/t11-,12-,15-/m0/s1. The smallest absolute Gasteiger partial charge is 0.328 e. The lowest BCUT2D eigenvalue weighted by Gasteiger charge is -2.29. The van der Waals surface area contributed by atoms with Crippen LogP contribution in [-0.4, -0.2) is 62.1 Å². The fourth-order valence-corrected chi connectivity index (χ4v) is 2.41. The number of carbonyl (C=O) groups excluding carboxylic acids is 3. The lowest BCUT2D eigenvalue weighted by Crippen LogP contribution is -2.55. The predicted octanol–water partition coefficient (Wildman–Crippen LogP) is 0.0896. The molecule has 8 nitrogen and oxygen atoms in total. The molecule has 1 rings (SSSR count). The van der Waals surface area contributed by atoms with Gasteiger partial charge in [0.15, 0.2) is 0 Å². The highest BCUT2D eigenvalue weighted by Crippen LogP contribution is 2.15. The molecular weight excluding hydrogens is 338 g/mol. The number of carbonyl (C=O) groups is 3. The lowest BCUT2D eigenvalue weighted by atomic mass is 10.0. The summed E-state index contributed by atoms with van der Waals surface area (Å²) < 4.78 is 9.73. The first kappa shape index (κ1) is 21.4. The summed E-state index contributed by atoms with van der Waals surface area (Å²) in [6.45, 7) is 3.07. The van der Waals surface area contributed by atoms with E-state index in [1.54, 1.807) is 26.2 Å². The molecule has 1 aromatic rings. The number of hydrogen-bond acceptors (Lipinski definition) is 6. The number of benzene rings is 1. The number of nitrogens with two attached hydrogens (primary N) is 1. The number of amides is 2. The Balaban J connectivity index is 3.02. The minimum atomic E-state index is -0.829. The number of nitrogens with one attached hydrogen (secondary N) is 1. The fourth-order valence-electron chi connectivity index (χ4n) is 2.41. The van der Waals surface area contributed by atoms with Gasteiger partial charge in [0.1, 0.15) is 17.8 Å². The zero-order chi connectivity index (χ0) is 19.9. The second-order valence-corrected chi connectivity index (χ2v) is 6.06. The highest BCUT2D eigenvalue weighted by molar-refractivity contribution is 5.91. The van der Waals surface area contributed by atoms with E-state index >= 15 is 0 Å². The van der Waals surface area contributed by atoms with Crippen LogP contribution in [0.2, 0.25) is 0 Å². The van der Waals surface area contributed by atoms with Crippen LogP contribution >= 0.6 is 0 Å². The zero-order valence-electron chi connectivity index (χ0n) is 15.8. The second-order valence-electron chi connectivity index (χ2n) is 6.06. The van der Waals surface area contributed by atoms with Gasteiger partial charge in [0.25, 0.3) is 0 Å². The van der Waals surface area contributed by atoms with Crippen molar-refractivity contribution in [3.05, 3.63) is 29.8 Å². The Kier molecular flexibility index (Phi) is 8.05. The van der Waals surface area contributed by atoms with E-state index in [9.17, 15) is 14.4 Å². The first-order valence-corrected chi connectivity index (χ1v) is 8.24. The van der Waals surface area contributed by atoms with Crippen LogP contribution < -0.4 is 15.8 Å². The summed E-state index contributed by atoms with van der Waals surface area (Å²) >= 11 is 0. The van der Waals surface area contributed by atoms with E-state index in [-0.39, 0.29) is 12.3 Å². The van der Waals surface area contributed by atoms with E-state index in [0.717, 1.165) is 5.56 Å². The largest absolute Gasteiger partial charge is 0.497 e. The molecule has 0 spiro atoms. The van der Waals surface area contributed by atoms with Crippen LogP contribution in [0, 0.1) is 0 Å². The van der Waals surface area contributed by atoms with Gasteiger partial charge in [0, 0.05) is 13.5 Å². The maximum Gasteiger partial charge on any atom is 0.328 e. The fraction of sp³-hybridized carbons (Fsp3) is 0.500. The van der Waals surface area contributed by atoms with Crippen molar-refractivity contribution in [1.29, 1.82) is 0 Å². The molecule has 0 unspecified atom stereocenters. The molecule has 0 saturated carbocycles. The molecule has 0 aromatic heterocycles. The number of hydrogen-bond donors (Lipinski definition) is 2. The van der Waals surface area contributed by atoms with Crippen LogP contribution in [0.4, 0.5) is 0 Å². The normalized spacial score (nSPS) is 13.9. The van der Waals surface area contributed by atoms with Crippen molar-refractivity contribution in [2.24, 2.45) is 5.73 Å². The summed E-state index contributed by atoms with van der Waals surface area (Å²) in [7, 11) is 4.32. The van der Waals surface area contributed by atoms with E-state index in [1.165, 1.54) is 26.0 Å². The van der Waals surface area contributed by atoms with Crippen molar-refractivity contribution in [2.45, 2.75) is 38.4 Å². The van der Waals surface area contributed by atoms with Crippen molar-refractivity contribution >= 4 is 17.8 Å². The molecular formula is C18H27N3O5. The van der Waals surface area contributed by atoms with Crippen molar-refractivity contribution in [1.82, 2.24) is 10.2 Å². The van der Waals surface area contributed by atoms with Gasteiger partial charge in [-0.1, -0.05) is 12.1 Å². The van der Waals surface area contributed by atoms with E-state index in [4.69, 9.17) is 10.5 Å². The van der Waals surface area contributed by atoms with E-state index in [0.29, 0.717) is 5.75 Å². The Morgan fingerprint density at radius 1 is 1.15 bits per heavy atom. The topological polar surface area (TPSA) is 111 Å². The number of esters is 1. The summed E-state index contributed by atoms with van der Waals surface area (Å²) in [5.41, 5.74) is 6.50. The van der Waals surface area contributed by atoms with Gasteiger partial charge in [-0.15, -0.1) is 0 Å². The third kappa shape index (κ3) is 5.73. The highest BCUT2D eigenvalue weighted by Gasteiger charge is 2.30. The van der Waals surface area contributed by atoms with E-state index in [2.05, 4.69) is 10.1 Å². The monoisotopic (exact) mass is 365 g/mol. The minimum absolute atomic E-state index is 0.263. The predicted molar refractivity (Wildman–Crippen MR) is 96.5 cm³/mol. The molecule has 3 atom stereocenters. The molecule has 26 heavy (non-hydrogen) atoms. The third-order valence-corrected chi connectivity index (χ3v) is 4.01. The zero-order valence-corrected chi connectivity index (χ0v) is 15.8. The SMILES string of the molecule is COC(=O)[C@H](C)NC(=O)[C@H](Cc1ccc(OC)cc1)N(C)C(=O)[C@H](C)N. The van der Waals surface area contributed by atoms with Gasteiger partial charge in [-0.05, 0) is 31.5 Å². The molecule has 0 aliphatic carbocycles. The van der Waals surface area contributed by atoms with Gasteiger partial charge in [-0.25, -0.2) is 4.79 Å². The number of likely N-dealkylation sites (N-methyl/N-ethyl adjacent to an activating group) is 1. The van der Waals surface area contributed by atoms with E-state index < -0.39 is 30.0 Å². The maximum atomic E-state index is 12.7. The third-order valence-electron chi connectivity index (χ3n) is 4.01. The van der Waals surface area contributed by atoms with Crippen LogP contribution in [0.3, 0.4) is 0 Å². The van der Waals surface area contributed by atoms with Gasteiger partial charge in [0.2, 0.25) is 11.8 Å². The second kappa shape index (κ2) is 9.76.